The highest BCUT2D eigenvalue weighted by Gasteiger charge is 2.32. The van der Waals surface area contributed by atoms with E-state index in [2.05, 4.69) is 10.3 Å². The number of aromatic amines is 1. The molecule has 1 unspecified atom stereocenters. The Bertz CT molecular complexity index is 1500. The third kappa shape index (κ3) is 4.64. The highest BCUT2D eigenvalue weighted by Crippen LogP contribution is 2.32. The summed E-state index contributed by atoms with van der Waals surface area (Å²) in [6.07, 6.45) is 1.27. The van der Waals surface area contributed by atoms with E-state index < -0.39 is 27.9 Å². The summed E-state index contributed by atoms with van der Waals surface area (Å²) in [6.45, 7) is 2.31. The fraction of sp³-hybridized carbons (Fsp3) is 0.292. The van der Waals surface area contributed by atoms with Crippen LogP contribution < -0.4 is 21.5 Å². The fourth-order valence-electron chi connectivity index (χ4n) is 4.37. The molecule has 184 valence electrons. The Labute approximate surface area is 202 Å². The van der Waals surface area contributed by atoms with Crippen LogP contribution in [0.25, 0.3) is 10.9 Å². The van der Waals surface area contributed by atoms with Crippen molar-refractivity contribution in [1.29, 1.82) is 0 Å². The SMILES string of the molecule is Cc1cc(=O)[nH]c2ccc(NC(=O)c3cc(S(=O)(=O)N(C)C)ccc3N3CCCC3C(N)=O)cc12. The van der Waals surface area contributed by atoms with Crippen LogP contribution in [0.1, 0.15) is 28.8 Å². The number of rotatable bonds is 6. The van der Waals surface area contributed by atoms with Crippen LogP contribution in [-0.4, -0.2) is 56.2 Å². The molecule has 0 spiro atoms. The van der Waals surface area contributed by atoms with Gasteiger partial charge in [0.2, 0.25) is 21.5 Å². The number of carbonyl (C=O) groups excluding carboxylic acids is 2. The molecular formula is C24H27N5O5S. The summed E-state index contributed by atoms with van der Waals surface area (Å²) >= 11 is 0. The molecule has 1 atom stereocenters. The lowest BCUT2D eigenvalue weighted by Crippen LogP contribution is -2.41. The maximum absolute atomic E-state index is 13.5. The lowest BCUT2D eigenvalue weighted by atomic mass is 10.1. The van der Waals surface area contributed by atoms with Crippen LogP contribution >= 0.6 is 0 Å². The normalized spacial score (nSPS) is 16.1. The third-order valence-electron chi connectivity index (χ3n) is 6.19. The van der Waals surface area contributed by atoms with Gasteiger partial charge in [0.1, 0.15) is 6.04 Å². The van der Waals surface area contributed by atoms with E-state index in [0.29, 0.717) is 36.3 Å². The number of amides is 2. The second-order valence-electron chi connectivity index (χ2n) is 8.75. The van der Waals surface area contributed by atoms with Crippen LogP contribution in [0.3, 0.4) is 0 Å². The molecule has 2 aromatic carbocycles. The van der Waals surface area contributed by atoms with Gasteiger partial charge in [-0.3, -0.25) is 14.4 Å². The van der Waals surface area contributed by atoms with Crippen LogP contribution in [0.5, 0.6) is 0 Å². The maximum Gasteiger partial charge on any atom is 0.257 e. The lowest BCUT2D eigenvalue weighted by Gasteiger charge is -2.27. The van der Waals surface area contributed by atoms with E-state index in [1.807, 2.05) is 0 Å². The third-order valence-corrected chi connectivity index (χ3v) is 8.00. The highest BCUT2D eigenvalue weighted by molar-refractivity contribution is 7.89. The number of aromatic nitrogens is 1. The van der Waals surface area contributed by atoms with Gasteiger partial charge in [0.05, 0.1) is 16.1 Å². The molecule has 0 bridgehead atoms. The number of fused-ring (bicyclic) bond motifs is 1. The van der Waals surface area contributed by atoms with E-state index >= 15 is 0 Å². The van der Waals surface area contributed by atoms with Crippen molar-refractivity contribution in [1.82, 2.24) is 9.29 Å². The van der Waals surface area contributed by atoms with Crippen molar-refractivity contribution in [2.24, 2.45) is 5.73 Å². The molecule has 0 radical (unpaired) electrons. The molecule has 1 fully saturated rings. The van der Waals surface area contributed by atoms with Crippen LogP contribution in [0.2, 0.25) is 0 Å². The summed E-state index contributed by atoms with van der Waals surface area (Å²) in [5.74, 6) is -1.04. The molecule has 1 saturated heterocycles. The molecule has 10 nitrogen and oxygen atoms in total. The number of nitrogens with one attached hydrogen (secondary N) is 2. The number of pyridine rings is 1. The number of hydrogen-bond donors (Lipinski definition) is 3. The van der Waals surface area contributed by atoms with Gasteiger partial charge < -0.3 is 20.9 Å². The number of H-pyrrole nitrogens is 1. The van der Waals surface area contributed by atoms with Crippen LogP contribution in [0.4, 0.5) is 11.4 Å². The Hall–Kier alpha value is -3.70. The van der Waals surface area contributed by atoms with Crippen molar-refractivity contribution >= 4 is 44.1 Å². The summed E-state index contributed by atoms with van der Waals surface area (Å²) in [5, 5.41) is 3.59. The molecule has 3 aromatic rings. The number of nitrogens with two attached hydrogens (primary N) is 1. The summed E-state index contributed by atoms with van der Waals surface area (Å²) < 4.78 is 26.6. The first kappa shape index (κ1) is 24.4. The van der Waals surface area contributed by atoms with Gasteiger partial charge in [0.25, 0.3) is 5.91 Å². The summed E-state index contributed by atoms with van der Waals surface area (Å²) in [6, 6.07) is 10.3. The monoisotopic (exact) mass is 497 g/mol. The van der Waals surface area contributed by atoms with Crippen molar-refractivity contribution in [3.63, 3.8) is 0 Å². The number of carbonyl (C=O) groups is 2. The standard InChI is InChI=1S/C24H27N5O5S/c1-14-11-22(30)27-19-8-6-15(12-17(14)19)26-24(32)18-13-16(35(33,34)28(2)3)7-9-20(18)29-10-4-5-21(29)23(25)31/h6-9,11-13,21H,4-5,10H2,1-3H3,(H2,25,31)(H,26,32)(H,27,30). The Kier molecular flexibility index (Phi) is 6.39. The number of nitrogens with zero attached hydrogens (tertiary/aromatic N) is 2. The molecule has 2 heterocycles. The van der Waals surface area contributed by atoms with Gasteiger partial charge in [-0.15, -0.1) is 0 Å². The zero-order chi connectivity index (χ0) is 25.5. The summed E-state index contributed by atoms with van der Waals surface area (Å²) in [7, 11) is -0.983. The Morgan fingerprint density at radius 3 is 2.57 bits per heavy atom. The van der Waals surface area contributed by atoms with Gasteiger partial charge in [0, 0.05) is 43.3 Å². The predicted octanol–water partition coefficient (Wildman–Crippen LogP) is 1.79. The minimum atomic E-state index is -3.80. The number of anilines is 2. The highest BCUT2D eigenvalue weighted by atomic mass is 32.2. The minimum absolute atomic E-state index is 0.0434. The number of hydrogen-bond acceptors (Lipinski definition) is 6. The summed E-state index contributed by atoms with van der Waals surface area (Å²) in [4.78, 5) is 41.7. The van der Waals surface area contributed by atoms with Gasteiger partial charge >= 0.3 is 0 Å². The molecule has 35 heavy (non-hydrogen) atoms. The predicted molar refractivity (Wildman–Crippen MR) is 134 cm³/mol. The lowest BCUT2D eigenvalue weighted by molar-refractivity contribution is -0.119. The zero-order valence-corrected chi connectivity index (χ0v) is 20.5. The van der Waals surface area contributed by atoms with Gasteiger partial charge in [-0.1, -0.05) is 0 Å². The summed E-state index contributed by atoms with van der Waals surface area (Å²) in [5.41, 5.74) is 7.76. The van der Waals surface area contributed by atoms with Crippen LogP contribution in [0, 0.1) is 6.92 Å². The number of primary amides is 1. The van der Waals surface area contributed by atoms with Gasteiger partial charge in [-0.05, 0) is 61.7 Å². The molecule has 1 aliphatic rings. The molecule has 4 rings (SSSR count). The molecule has 4 N–H and O–H groups in total. The molecule has 1 aliphatic heterocycles. The van der Waals surface area contributed by atoms with E-state index in [9.17, 15) is 22.8 Å². The Morgan fingerprint density at radius 1 is 1.14 bits per heavy atom. The first-order chi connectivity index (χ1) is 16.5. The minimum Gasteiger partial charge on any atom is -0.368 e. The maximum atomic E-state index is 13.5. The first-order valence-corrected chi connectivity index (χ1v) is 12.5. The average molecular weight is 498 g/mol. The van der Waals surface area contributed by atoms with Gasteiger partial charge in [-0.2, -0.15) is 0 Å². The van der Waals surface area contributed by atoms with E-state index in [1.165, 1.54) is 32.3 Å². The van der Waals surface area contributed by atoms with Crippen molar-refractivity contribution in [3.05, 3.63) is 63.9 Å². The molecule has 11 heteroatoms. The average Bonchev–Trinajstić information content (AvgIpc) is 3.29. The number of sulfonamides is 1. The van der Waals surface area contributed by atoms with E-state index in [0.717, 1.165) is 15.3 Å². The van der Waals surface area contributed by atoms with E-state index in [4.69, 9.17) is 5.73 Å². The van der Waals surface area contributed by atoms with Crippen LogP contribution in [-0.2, 0) is 14.8 Å². The molecule has 2 amide bonds. The second kappa shape index (κ2) is 9.16. The Balaban J connectivity index is 1.78. The van der Waals surface area contributed by atoms with Crippen molar-refractivity contribution in [2.75, 3.05) is 30.9 Å². The van der Waals surface area contributed by atoms with Crippen molar-refractivity contribution < 1.29 is 18.0 Å². The van der Waals surface area contributed by atoms with E-state index in [-0.39, 0.29) is 16.0 Å². The van der Waals surface area contributed by atoms with Gasteiger partial charge in [0.15, 0.2) is 0 Å². The largest absolute Gasteiger partial charge is 0.368 e. The number of aryl methyl sites for hydroxylation is 1. The fourth-order valence-corrected chi connectivity index (χ4v) is 5.30. The molecular weight excluding hydrogens is 470 g/mol. The first-order valence-electron chi connectivity index (χ1n) is 11.1. The quantitative estimate of drug-likeness (QED) is 0.473. The van der Waals surface area contributed by atoms with Crippen LogP contribution in [0.15, 0.2) is 52.2 Å². The topological polar surface area (TPSA) is 146 Å². The molecule has 1 aromatic heterocycles. The smallest absolute Gasteiger partial charge is 0.257 e. The number of benzene rings is 2. The molecule has 0 saturated carbocycles. The zero-order valence-electron chi connectivity index (χ0n) is 19.7. The molecule has 0 aliphatic carbocycles. The van der Waals surface area contributed by atoms with Crippen molar-refractivity contribution in [3.8, 4) is 0 Å². The van der Waals surface area contributed by atoms with E-state index in [1.54, 1.807) is 36.1 Å². The Morgan fingerprint density at radius 2 is 1.89 bits per heavy atom. The second-order valence-corrected chi connectivity index (χ2v) is 10.9. The van der Waals surface area contributed by atoms with Gasteiger partial charge in [-0.25, -0.2) is 12.7 Å². The van der Waals surface area contributed by atoms with Crippen molar-refractivity contribution in [2.45, 2.75) is 30.7 Å².